The Bertz CT molecular complexity index is 446. The third kappa shape index (κ3) is 1.87. The van der Waals surface area contributed by atoms with Crippen molar-refractivity contribution in [3.8, 4) is 5.75 Å². The quantitative estimate of drug-likeness (QED) is 0.816. The van der Waals surface area contributed by atoms with Gasteiger partial charge in [0.2, 0.25) is 0 Å². The van der Waals surface area contributed by atoms with Crippen molar-refractivity contribution < 1.29 is 19.4 Å². The number of ether oxygens (including phenoxy) is 2. The number of aliphatic hydroxyl groups is 1. The maximum atomic E-state index is 11.9. The number of hydrogen-bond donors (Lipinski definition) is 1. The van der Waals surface area contributed by atoms with Crippen LogP contribution in [-0.2, 0) is 14.9 Å². The van der Waals surface area contributed by atoms with Gasteiger partial charge in [0.05, 0.1) is 20.3 Å². The monoisotopic (exact) mass is 256 g/mol. The van der Waals surface area contributed by atoms with Crippen molar-refractivity contribution in [2.45, 2.75) is 11.8 Å². The second-order valence-electron chi connectivity index (χ2n) is 3.97. The molecule has 0 aliphatic carbocycles. The number of rotatable bonds is 2. The molecule has 0 bridgehead atoms. The molecule has 0 fully saturated rings. The standard InChI is InChI=1S/C12H13ClO4/c1-16-11(15)12(7-14)4-5-17-10-3-2-8(13)6-9(10)12/h2-3,6,14H,4-5,7H2,1H3. The highest BCUT2D eigenvalue weighted by Gasteiger charge is 2.45. The first-order valence-electron chi connectivity index (χ1n) is 5.26. The predicted molar refractivity (Wildman–Crippen MR) is 62.3 cm³/mol. The van der Waals surface area contributed by atoms with Crippen LogP contribution in [0.5, 0.6) is 5.75 Å². The number of benzene rings is 1. The van der Waals surface area contributed by atoms with Gasteiger partial charge in [0.1, 0.15) is 11.2 Å². The van der Waals surface area contributed by atoms with E-state index >= 15 is 0 Å². The topological polar surface area (TPSA) is 55.8 Å². The van der Waals surface area contributed by atoms with Crippen LogP contribution in [0.15, 0.2) is 18.2 Å². The molecule has 0 aromatic heterocycles. The van der Waals surface area contributed by atoms with Crippen molar-refractivity contribution >= 4 is 17.6 Å². The van der Waals surface area contributed by atoms with Gasteiger partial charge in [0.25, 0.3) is 0 Å². The van der Waals surface area contributed by atoms with E-state index in [9.17, 15) is 9.90 Å². The van der Waals surface area contributed by atoms with Crippen molar-refractivity contribution in [3.05, 3.63) is 28.8 Å². The van der Waals surface area contributed by atoms with Gasteiger partial charge in [-0.15, -0.1) is 0 Å². The molecule has 92 valence electrons. The van der Waals surface area contributed by atoms with Gasteiger partial charge in [-0.2, -0.15) is 0 Å². The van der Waals surface area contributed by atoms with Gasteiger partial charge < -0.3 is 14.6 Å². The molecule has 1 aliphatic heterocycles. The van der Waals surface area contributed by atoms with Gasteiger partial charge in [-0.1, -0.05) is 11.6 Å². The number of methoxy groups -OCH3 is 1. The highest BCUT2D eigenvalue weighted by Crippen LogP contribution is 2.40. The summed E-state index contributed by atoms with van der Waals surface area (Å²) in [7, 11) is 1.30. The number of fused-ring (bicyclic) bond motifs is 1. The summed E-state index contributed by atoms with van der Waals surface area (Å²) in [5.74, 6) is 0.104. The van der Waals surface area contributed by atoms with E-state index in [-0.39, 0.29) is 6.61 Å². The maximum Gasteiger partial charge on any atom is 0.318 e. The highest BCUT2D eigenvalue weighted by molar-refractivity contribution is 6.30. The third-order valence-corrected chi connectivity index (χ3v) is 3.32. The Hall–Kier alpha value is -1.26. The number of carbonyl (C=O) groups is 1. The Labute approximate surface area is 104 Å². The van der Waals surface area contributed by atoms with E-state index in [1.165, 1.54) is 7.11 Å². The predicted octanol–water partition coefficient (Wildman–Crippen LogP) is 1.53. The zero-order chi connectivity index (χ0) is 12.5. The lowest BCUT2D eigenvalue weighted by molar-refractivity contribution is -0.150. The first-order chi connectivity index (χ1) is 8.14. The normalized spacial score (nSPS) is 22.5. The number of carbonyl (C=O) groups excluding carboxylic acids is 1. The first-order valence-corrected chi connectivity index (χ1v) is 5.64. The molecule has 0 spiro atoms. The van der Waals surface area contributed by atoms with Gasteiger partial charge in [0, 0.05) is 17.0 Å². The highest BCUT2D eigenvalue weighted by atomic mass is 35.5. The molecular weight excluding hydrogens is 244 g/mol. The van der Waals surface area contributed by atoms with E-state index in [0.29, 0.717) is 29.4 Å². The second kappa shape index (κ2) is 4.55. The van der Waals surface area contributed by atoms with E-state index in [1.54, 1.807) is 18.2 Å². The molecule has 1 atom stereocenters. The lowest BCUT2D eigenvalue weighted by Gasteiger charge is -2.34. The van der Waals surface area contributed by atoms with Crippen molar-refractivity contribution in [3.63, 3.8) is 0 Å². The van der Waals surface area contributed by atoms with E-state index in [2.05, 4.69) is 0 Å². The van der Waals surface area contributed by atoms with Crippen LogP contribution in [0.3, 0.4) is 0 Å². The fraction of sp³-hybridized carbons (Fsp3) is 0.417. The smallest absolute Gasteiger partial charge is 0.318 e. The minimum atomic E-state index is -1.06. The molecular formula is C12H13ClO4. The molecule has 0 amide bonds. The van der Waals surface area contributed by atoms with Gasteiger partial charge in [-0.25, -0.2) is 0 Å². The molecule has 1 unspecified atom stereocenters. The van der Waals surface area contributed by atoms with E-state index in [0.717, 1.165) is 0 Å². The van der Waals surface area contributed by atoms with Gasteiger partial charge in [0.15, 0.2) is 0 Å². The summed E-state index contributed by atoms with van der Waals surface area (Å²) in [6.07, 6.45) is 0.378. The van der Waals surface area contributed by atoms with E-state index in [4.69, 9.17) is 21.1 Å². The molecule has 2 rings (SSSR count). The summed E-state index contributed by atoms with van der Waals surface area (Å²) < 4.78 is 10.2. The summed E-state index contributed by atoms with van der Waals surface area (Å²) >= 11 is 5.92. The number of esters is 1. The van der Waals surface area contributed by atoms with Gasteiger partial charge >= 0.3 is 5.97 Å². The molecule has 1 aromatic carbocycles. The Morgan fingerprint density at radius 3 is 3.06 bits per heavy atom. The summed E-state index contributed by atoms with van der Waals surface area (Å²) in [6, 6.07) is 5.03. The van der Waals surface area contributed by atoms with Gasteiger partial charge in [-0.3, -0.25) is 4.79 Å². The van der Waals surface area contributed by atoms with Crippen molar-refractivity contribution in [1.29, 1.82) is 0 Å². The second-order valence-corrected chi connectivity index (χ2v) is 4.41. The SMILES string of the molecule is COC(=O)C1(CO)CCOc2ccc(Cl)cc21. The Morgan fingerprint density at radius 2 is 2.41 bits per heavy atom. The molecule has 4 nitrogen and oxygen atoms in total. The molecule has 1 aliphatic rings. The molecule has 0 saturated heterocycles. The maximum absolute atomic E-state index is 11.9. The fourth-order valence-electron chi connectivity index (χ4n) is 2.11. The van der Waals surface area contributed by atoms with E-state index in [1.807, 2.05) is 0 Å². The fourth-order valence-corrected chi connectivity index (χ4v) is 2.28. The largest absolute Gasteiger partial charge is 0.493 e. The van der Waals surface area contributed by atoms with Crippen LogP contribution >= 0.6 is 11.6 Å². The van der Waals surface area contributed by atoms with Crippen molar-refractivity contribution in [2.24, 2.45) is 0 Å². The van der Waals surface area contributed by atoms with E-state index < -0.39 is 11.4 Å². The van der Waals surface area contributed by atoms with Crippen LogP contribution in [-0.4, -0.2) is 31.4 Å². The molecule has 0 saturated carbocycles. The number of halogens is 1. The van der Waals surface area contributed by atoms with Crippen LogP contribution < -0.4 is 4.74 Å². The van der Waals surface area contributed by atoms with Crippen LogP contribution in [0.4, 0.5) is 0 Å². The average molecular weight is 257 g/mol. The summed E-state index contributed by atoms with van der Waals surface area (Å²) in [6.45, 7) is 0.0423. The summed E-state index contributed by atoms with van der Waals surface area (Å²) in [5, 5.41) is 10.1. The van der Waals surface area contributed by atoms with Crippen LogP contribution in [0.2, 0.25) is 5.02 Å². The Kier molecular flexibility index (Phi) is 3.26. The molecule has 1 N–H and O–H groups in total. The van der Waals surface area contributed by atoms with Crippen LogP contribution in [0.25, 0.3) is 0 Å². The molecule has 5 heteroatoms. The minimum absolute atomic E-state index is 0.323. The molecule has 1 aromatic rings. The summed E-state index contributed by atoms with van der Waals surface area (Å²) in [4.78, 5) is 11.9. The number of hydrogen-bond acceptors (Lipinski definition) is 4. The molecule has 17 heavy (non-hydrogen) atoms. The minimum Gasteiger partial charge on any atom is -0.493 e. The van der Waals surface area contributed by atoms with Crippen molar-refractivity contribution in [2.75, 3.05) is 20.3 Å². The lowest BCUT2D eigenvalue weighted by atomic mass is 9.76. The van der Waals surface area contributed by atoms with Crippen LogP contribution in [0, 0.1) is 0 Å². The van der Waals surface area contributed by atoms with Crippen molar-refractivity contribution in [1.82, 2.24) is 0 Å². The molecule has 1 heterocycles. The van der Waals surface area contributed by atoms with Crippen LogP contribution in [0.1, 0.15) is 12.0 Å². The zero-order valence-corrected chi connectivity index (χ0v) is 10.2. The first kappa shape index (κ1) is 12.2. The zero-order valence-electron chi connectivity index (χ0n) is 9.40. The van der Waals surface area contributed by atoms with Gasteiger partial charge in [-0.05, 0) is 18.2 Å². The Balaban J connectivity index is 2.58. The molecule has 0 radical (unpaired) electrons. The Morgan fingerprint density at radius 1 is 1.65 bits per heavy atom. The lowest BCUT2D eigenvalue weighted by Crippen LogP contribution is -2.44. The third-order valence-electron chi connectivity index (χ3n) is 3.09. The average Bonchev–Trinajstić information content (AvgIpc) is 2.37. The number of aliphatic hydroxyl groups excluding tert-OH is 1. The summed E-state index contributed by atoms with van der Waals surface area (Å²) in [5.41, 5.74) is -0.474.